The smallest absolute Gasteiger partial charge is 0.150 e. The van der Waals surface area contributed by atoms with E-state index in [1.54, 1.807) is 0 Å². The zero-order valence-electron chi connectivity index (χ0n) is 10.3. The molecule has 1 aliphatic heterocycles. The van der Waals surface area contributed by atoms with E-state index in [1.165, 1.54) is 0 Å². The average Bonchev–Trinajstić information content (AvgIpc) is 2.37. The van der Waals surface area contributed by atoms with Crippen LogP contribution in [0.1, 0.15) is 22.8 Å². The first-order valence-electron chi connectivity index (χ1n) is 6.16. The maximum absolute atomic E-state index is 10.9. The van der Waals surface area contributed by atoms with Crippen molar-refractivity contribution in [3.05, 3.63) is 35.4 Å². The van der Waals surface area contributed by atoms with Gasteiger partial charge < -0.3 is 4.74 Å². The van der Waals surface area contributed by atoms with Gasteiger partial charge >= 0.3 is 0 Å². The van der Waals surface area contributed by atoms with E-state index in [0.717, 1.165) is 50.1 Å². The molecule has 0 saturated carbocycles. The van der Waals surface area contributed by atoms with Crippen LogP contribution in [0.2, 0.25) is 0 Å². The summed E-state index contributed by atoms with van der Waals surface area (Å²) in [5, 5.41) is 0. The summed E-state index contributed by atoms with van der Waals surface area (Å²) in [5.74, 6) is 0. The fourth-order valence-corrected chi connectivity index (χ4v) is 2.25. The predicted molar refractivity (Wildman–Crippen MR) is 67.4 cm³/mol. The highest BCUT2D eigenvalue weighted by molar-refractivity contribution is 5.77. The molecule has 1 heterocycles. The number of carbonyl (C=O) groups excluding carboxylic acids is 1. The second kappa shape index (κ2) is 5.94. The van der Waals surface area contributed by atoms with Crippen molar-refractivity contribution in [2.24, 2.45) is 0 Å². The third-order valence-electron chi connectivity index (χ3n) is 3.20. The quantitative estimate of drug-likeness (QED) is 0.742. The Kier molecular flexibility index (Phi) is 4.29. The molecule has 3 nitrogen and oxygen atoms in total. The molecular formula is C14H19NO2. The fourth-order valence-electron chi connectivity index (χ4n) is 2.25. The van der Waals surface area contributed by atoms with Crippen LogP contribution in [0, 0.1) is 0 Å². The number of morpholine rings is 1. The van der Waals surface area contributed by atoms with E-state index in [9.17, 15) is 4.79 Å². The van der Waals surface area contributed by atoms with Crippen molar-refractivity contribution in [1.82, 2.24) is 4.90 Å². The highest BCUT2D eigenvalue weighted by atomic mass is 16.5. The molecule has 92 valence electrons. The number of ether oxygens (including phenoxy) is 1. The Morgan fingerprint density at radius 1 is 1.47 bits per heavy atom. The highest BCUT2D eigenvalue weighted by Crippen LogP contribution is 2.10. The molecule has 1 atom stereocenters. The summed E-state index contributed by atoms with van der Waals surface area (Å²) in [6, 6.07) is 7.81. The predicted octanol–water partition coefficient (Wildman–Crippen LogP) is 1.76. The van der Waals surface area contributed by atoms with Crippen LogP contribution in [0.3, 0.4) is 0 Å². The van der Waals surface area contributed by atoms with E-state index in [2.05, 4.69) is 11.8 Å². The van der Waals surface area contributed by atoms with Gasteiger partial charge in [0.2, 0.25) is 0 Å². The van der Waals surface area contributed by atoms with E-state index in [1.807, 2.05) is 24.3 Å². The first-order chi connectivity index (χ1) is 8.29. The van der Waals surface area contributed by atoms with Crippen LogP contribution in [0.5, 0.6) is 0 Å². The Balaban J connectivity index is 1.90. The van der Waals surface area contributed by atoms with Gasteiger partial charge in [0, 0.05) is 25.2 Å². The summed E-state index contributed by atoms with van der Waals surface area (Å²) in [4.78, 5) is 13.3. The number of carbonyl (C=O) groups is 1. The highest BCUT2D eigenvalue weighted by Gasteiger charge is 2.16. The van der Waals surface area contributed by atoms with E-state index < -0.39 is 0 Å². The topological polar surface area (TPSA) is 29.5 Å². The van der Waals surface area contributed by atoms with E-state index in [-0.39, 0.29) is 0 Å². The van der Waals surface area contributed by atoms with E-state index >= 15 is 0 Å². The van der Waals surface area contributed by atoms with E-state index in [0.29, 0.717) is 6.10 Å². The third kappa shape index (κ3) is 3.38. The van der Waals surface area contributed by atoms with Crippen molar-refractivity contribution >= 4 is 6.29 Å². The van der Waals surface area contributed by atoms with Crippen molar-refractivity contribution in [3.63, 3.8) is 0 Å². The Labute approximate surface area is 102 Å². The van der Waals surface area contributed by atoms with Gasteiger partial charge in [-0.1, -0.05) is 24.3 Å². The Morgan fingerprint density at radius 3 is 3.06 bits per heavy atom. The molecule has 0 spiro atoms. The summed E-state index contributed by atoms with van der Waals surface area (Å²) in [6.07, 6.45) is 2.20. The second-order valence-electron chi connectivity index (χ2n) is 4.55. The molecular weight excluding hydrogens is 214 g/mol. The lowest BCUT2D eigenvalue weighted by Crippen LogP contribution is -2.41. The Hall–Kier alpha value is -1.19. The molecule has 1 aliphatic rings. The van der Waals surface area contributed by atoms with Gasteiger partial charge in [0.1, 0.15) is 6.29 Å². The van der Waals surface area contributed by atoms with Crippen molar-refractivity contribution in [1.29, 1.82) is 0 Å². The zero-order valence-corrected chi connectivity index (χ0v) is 10.3. The van der Waals surface area contributed by atoms with Gasteiger partial charge in [-0.2, -0.15) is 0 Å². The summed E-state index contributed by atoms with van der Waals surface area (Å²) >= 11 is 0. The number of nitrogens with zero attached hydrogens (tertiary/aromatic N) is 1. The van der Waals surface area contributed by atoms with Gasteiger partial charge in [-0.25, -0.2) is 0 Å². The molecule has 3 heteroatoms. The average molecular weight is 233 g/mol. The summed E-state index contributed by atoms with van der Waals surface area (Å²) in [6.45, 7) is 5.90. The van der Waals surface area contributed by atoms with Gasteiger partial charge in [-0.15, -0.1) is 0 Å². The number of benzene rings is 1. The van der Waals surface area contributed by atoms with Crippen LogP contribution in [-0.4, -0.2) is 43.5 Å². The normalized spacial score (nSPS) is 21.4. The van der Waals surface area contributed by atoms with Gasteiger partial charge in [-0.3, -0.25) is 9.69 Å². The Bertz CT molecular complexity index is 378. The maximum atomic E-state index is 10.9. The van der Waals surface area contributed by atoms with E-state index in [4.69, 9.17) is 4.74 Å². The molecule has 1 fully saturated rings. The molecule has 0 radical (unpaired) electrons. The molecule has 0 aliphatic carbocycles. The molecule has 2 rings (SSSR count). The minimum atomic E-state index is 0.324. The summed E-state index contributed by atoms with van der Waals surface area (Å²) < 4.78 is 5.51. The molecule has 17 heavy (non-hydrogen) atoms. The standard InChI is InChI=1S/C14H19NO2/c1-12-10-15(8-9-17-12)7-6-13-4-2-3-5-14(13)11-16/h2-5,11-12H,6-10H2,1H3. The molecule has 0 bridgehead atoms. The van der Waals surface area contributed by atoms with Crippen LogP contribution in [-0.2, 0) is 11.2 Å². The molecule has 0 N–H and O–H groups in total. The zero-order chi connectivity index (χ0) is 12.1. The lowest BCUT2D eigenvalue weighted by atomic mass is 10.1. The van der Waals surface area contributed by atoms with Gasteiger partial charge in [0.15, 0.2) is 0 Å². The number of hydrogen-bond acceptors (Lipinski definition) is 3. The first kappa shape index (κ1) is 12.3. The largest absolute Gasteiger partial charge is 0.376 e. The minimum absolute atomic E-state index is 0.324. The number of aldehydes is 1. The van der Waals surface area contributed by atoms with Crippen molar-refractivity contribution in [2.45, 2.75) is 19.4 Å². The summed E-state index contributed by atoms with van der Waals surface area (Å²) in [7, 11) is 0. The Morgan fingerprint density at radius 2 is 2.29 bits per heavy atom. The van der Waals surface area contributed by atoms with Crippen LogP contribution < -0.4 is 0 Å². The SMILES string of the molecule is CC1CN(CCc2ccccc2C=O)CCO1. The van der Waals surface area contributed by atoms with Crippen LogP contribution in [0.25, 0.3) is 0 Å². The maximum Gasteiger partial charge on any atom is 0.150 e. The lowest BCUT2D eigenvalue weighted by molar-refractivity contribution is -0.0177. The summed E-state index contributed by atoms with van der Waals surface area (Å²) in [5.41, 5.74) is 1.95. The molecule has 1 aromatic rings. The van der Waals surface area contributed by atoms with Gasteiger partial charge in [-0.05, 0) is 18.9 Å². The van der Waals surface area contributed by atoms with Crippen LogP contribution >= 0.6 is 0 Å². The van der Waals surface area contributed by atoms with Gasteiger partial charge in [0.25, 0.3) is 0 Å². The van der Waals surface area contributed by atoms with Crippen molar-refractivity contribution < 1.29 is 9.53 Å². The van der Waals surface area contributed by atoms with Gasteiger partial charge in [0.05, 0.1) is 12.7 Å². The molecule has 0 amide bonds. The molecule has 0 aromatic heterocycles. The van der Waals surface area contributed by atoms with Crippen LogP contribution in [0.15, 0.2) is 24.3 Å². The van der Waals surface area contributed by atoms with Crippen molar-refractivity contribution in [2.75, 3.05) is 26.2 Å². The molecule has 1 saturated heterocycles. The molecule has 1 unspecified atom stereocenters. The fraction of sp³-hybridized carbons (Fsp3) is 0.500. The van der Waals surface area contributed by atoms with Crippen molar-refractivity contribution in [3.8, 4) is 0 Å². The number of rotatable bonds is 4. The second-order valence-corrected chi connectivity index (χ2v) is 4.55. The lowest BCUT2D eigenvalue weighted by Gasteiger charge is -2.31. The third-order valence-corrected chi connectivity index (χ3v) is 3.20. The van der Waals surface area contributed by atoms with Crippen LogP contribution in [0.4, 0.5) is 0 Å². The first-order valence-corrected chi connectivity index (χ1v) is 6.16. The number of hydrogen-bond donors (Lipinski definition) is 0. The molecule has 1 aromatic carbocycles. The minimum Gasteiger partial charge on any atom is -0.376 e. The monoisotopic (exact) mass is 233 g/mol.